The Morgan fingerprint density at radius 1 is 0.403 bits per heavy atom. The van der Waals surface area contributed by atoms with Gasteiger partial charge in [-0.05, 0) is 257 Å². The molecule has 372 valence electrons. The normalized spacial score (nSPS) is 14.4. The predicted molar refractivity (Wildman–Crippen MR) is 300 cm³/mol. The number of aromatic nitrogens is 2. The number of rotatable bonds is 0. The van der Waals surface area contributed by atoms with Gasteiger partial charge in [0.1, 0.15) is 11.5 Å². The van der Waals surface area contributed by atoms with E-state index in [2.05, 4.69) is 203 Å². The Labute approximate surface area is 419 Å². The van der Waals surface area contributed by atoms with E-state index in [9.17, 15) is 0 Å². The fourth-order valence-electron chi connectivity index (χ4n) is 7.10. The van der Waals surface area contributed by atoms with Crippen LogP contribution in [-0.2, 0) is 14.1 Å². The van der Waals surface area contributed by atoms with Crippen LogP contribution >= 0.6 is 22.7 Å². The molecule has 2 atom stereocenters. The second kappa shape index (κ2) is 28.9. The summed E-state index contributed by atoms with van der Waals surface area (Å²) in [5.41, 5.74) is 23.3. The highest BCUT2D eigenvalue weighted by molar-refractivity contribution is 7.10. The van der Waals surface area contributed by atoms with Crippen molar-refractivity contribution in [2.24, 2.45) is 31.8 Å². The van der Waals surface area contributed by atoms with Gasteiger partial charge in [-0.15, -0.1) is 22.7 Å². The van der Waals surface area contributed by atoms with Gasteiger partial charge in [0, 0.05) is 47.6 Å². The topological polar surface area (TPSA) is 36.1 Å². The molecule has 0 N–H and O–H groups in total. The number of hydrogen-bond donors (Lipinski definition) is 0. The van der Waals surface area contributed by atoms with Crippen LogP contribution in [0, 0.1) is 163 Å². The van der Waals surface area contributed by atoms with E-state index in [1.807, 2.05) is 50.4 Å². The first-order valence-corrected chi connectivity index (χ1v) is 26.1. The first-order valence-electron chi connectivity index (χ1n) is 24.3. The predicted octanol–water partition coefficient (Wildman–Crippen LogP) is 19.0. The van der Waals surface area contributed by atoms with E-state index < -0.39 is 0 Å². The van der Waals surface area contributed by atoms with Crippen LogP contribution in [0.2, 0.25) is 0 Å². The third-order valence-corrected chi connectivity index (χ3v) is 17.2. The molecule has 6 heterocycles. The van der Waals surface area contributed by atoms with Crippen LogP contribution in [0.1, 0.15) is 150 Å². The number of aryl methyl sites for hydroxylation is 14. The molecule has 1 aromatic carbocycles. The van der Waals surface area contributed by atoms with Crippen molar-refractivity contribution in [3.63, 3.8) is 0 Å². The Hall–Kier alpha value is -4.26. The Morgan fingerprint density at radius 3 is 0.836 bits per heavy atom. The van der Waals surface area contributed by atoms with Crippen molar-refractivity contribution in [3.8, 4) is 0 Å². The monoisotopic (exact) mass is 951 g/mol. The zero-order valence-electron chi connectivity index (χ0n) is 47.4. The molecule has 1 fully saturated rings. The van der Waals surface area contributed by atoms with Crippen LogP contribution in [0.25, 0.3) is 0 Å². The van der Waals surface area contributed by atoms with Crippen molar-refractivity contribution in [1.29, 1.82) is 0 Å². The fraction of sp³-hybridized carbons (Fsp3) is 0.508. The van der Waals surface area contributed by atoms with Gasteiger partial charge in [0.25, 0.3) is 0 Å². The SMILES string of the molecule is CC1CCC(C)C1C.Cc1cccc(C)c1C.Cc1cn(C)c(C)c1C.Cc1cn(C)c(C)c1C.Cc1coc(C)c1C.Cc1coc(C)c1C.Cc1csc(C)c1C.Cc1csc(C)c1C. The molecule has 4 nitrogen and oxygen atoms in total. The Bertz CT molecular complexity index is 2140. The summed E-state index contributed by atoms with van der Waals surface area (Å²) in [7, 11) is 4.16. The highest BCUT2D eigenvalue weighted by Crippen LogP contribution is 2.35. The van der Waals surface area contributed by atoms with Crippen molar-refractivity contribution in [2.45, 2.75) is 179 Å². The van der Waals surface area contributed by atoms with Gasteiger partial charge >= 0.3 is 0 Å². The van der Waals surface area contributed by atoms with E-state index in [1.165, 1.54) is 117 Å². The second-order valence-corrected chi connectivity index (χ2v) is 21.7. The minimum Gasteiger partial charge on any atom is -0.469 e. The van der Waals surface area contributed by atoms with Crippen LogP contribution in [-0.4, -0.2) is 9.13 Å². The van der Waals surface area contributed by atoms with Crippen molar-refractivity contribution < 1.29 is 8.83 Å². The lowest BCUT2D eigenvalue weighted by Crippen LogP contribution is -2.04. The molecule has 6 heteroatoms. The van der Waals surface area contributed by atoms with E-state index in [-0.39, 0.29) is 0 Å². The number of furan rings is 2. The van der Waals surface area contributed by atoms with Gasteiger partial charge in [0.05, 0.1) is 12.5 Å². The summed E-state index contributed by atoms with van der Waals surface area (Å²) in [4.78, 5) is 2.89. The third-order valence-electron chi connectivity index (χ3n) is 15.0. The van der Waals surface area contributed by atoms with Crippen molar-refractivity contribution in [3.05, 3.63) is 170 Å². The lowest BCUT2D eigenvalue weighted by Gasteiger charge is -2.11. The molecule has 8 rings (SSSR count). The number of benzene rings is 1. The molecule has 0 spiro atoms. The van der Waals surface area contributed by atoms with Gasteiger partial charge in [0.15, 0.2) is 0 Å². The summed E-state index contributed by atoms with van der Waals surface area (Å²) in [6.07, 6.45) is 10.8. The van der Waals surface area contributed by atoms with Gasteiger partial charge in [-0.3, -0.25) is 0 Å². The molecular weight excluding hydrogens is 857 g/mol. The minimum absolute atomic E-state index is 0.981. The molecule has 1 aliphatic carbocycles. The molecule has 1 saturated carbocycles. The van der Waals surface area contributed by atoms with Crippen LogP contribution in [0.5, 0.6) is 0 Å². The van der Waals surface area contributed by atoms with E-state index >= 15 is 0 Å². The molecular formula is C61H94N2O2S2. The standard InChI is InChI=1S/C9H12.2C8H13N.C8H16.2C7H10O.2C7H10S/c1-7-5-4-6-8(2)9(7)3;2*1-6-5-9(4)8(3)7(6)2;1-6-4-5-7(2)8(6)3;4*1-5-4-8-7(3)6(5)2/h4-6H,1-3H3;2*5H,1-4H3;6-8H,4-5H2,1-3H3;4*4H,1-3H3. The molecule has 7 aromatic rings. The zero-order valence-corrected chi connectivity index (χ0v) is 49.0. The minimum atomic E-state index is 0.981. The molecule has 0 aliphatic heterocycles. The summed E-state index contributed by atoms with van der Waals surface area (Å²) in [6, 6.07) is 6.38. The average Bonchev–Trinajstić information content (AvgIpc) is 4.12. The van der Waals surface area contributed by atoms with Crippen LogP contribution in [0.4, 0.5) is 0 Å². The van der Waals surface area contributed by atoms with Crippen LogP contribution in [0.3, 0.4) is 0 Å². The molecule has 1 aliphatic rings. The summed E-state index contributed by atoms with van der Waals surface area (Å²) >= 11 is 3.66. The first-order chi connectivity index (χ1) is 31.0. The van der Waals surface area contributed by atoms with E-state index in [0.717, 1.165) is 29.3 Å². The Kier molecular flexibility index (Phi) is 26.2. The highest BCUT2D eigenvalue weighted by atomic mass is 32.1. The molecule has 2 unspecified atom stereocenters. The maximum Gasteiger partial charge on any atom is 0.103 e. The average molecular weight is 952 g/mol. The third kappa shape index (κ3) is 19.3. The first kappa shape index (κ1) is 60.8. The van der Waals surface area contributed by atoms with Crippen molar-refractivity contribution >= 4 is 22.7 Å². The Morgan fingerprint density at radius 2 is 0.731 bits per heavy atom. The summed E-state index contributed by atoms with van der Waals surface area (Å²) in [6.45, 7) is 51.6. The zero-order chi connectivity index (χ0) is 51.6. The maximum absolute atomic E-state index is 5.09. The fourth-order valence-corrected chi connectivity index (χ4v) is 8.84. The molecule has 0 radical (unpaired) electrons. The largest absolute Gasteiger partial charge is 0.469 e. The Balaban J connectivity index is 0.000000383. The molecule has 67 heavy (non-hydrogen) atoms. The smallest absolute Gasteiger partial charge is 0.103 e. The number of hydrogen-bond acceptors (Lipinski definition) is 4. The summed E-state index contributed by atoms with van der Waals surface area (Å²) < 4.78 is 14.5. The molecule has 0 amide bonds. The quantitative estimate of drug-likeness (QED) is 0.152. The van der Waals surface area contributed by atoms with Gasteiger partial charge in [-0.2, -0.15) is 0 Å². The van der Waals surface area contributed by atoms with Crippen LogP contribution < -0.4 is 0 Å². The van der Waals surface area contributed by atoms with Gasteiger partial charge in [-0.1, -0.05) is 51.8 Å². The lowest BCUT2D eigenvalue weighted by molar-refractivity contribution is 0.380. The van der Waals surface area contributed by atoms with Crippen molar-refractivity contribution in [2.75, 3.05) is 0 Å². The van der Waals surface area contributed by atoms with E-state index in [1.54, 1.807) is 12.5 Å². The van der Waals surface area contributed by atoms with Crippen molar-refractivity contribution in [1.82, 2.24) is 9.13 Å². The van der Waals surface area contributed by atoms with Crippen LogP contribution in [0.15, 0.2) is 62.7 Å². The van der Waals surface area contributed by atoms with Gasteiger partial charge < -0.3 is 18.0 Å². The van der Waals surface area contributed by atoms with E-state index in [4.69, 9.17) is 8.83 Å². The maximum atomic E-state index is 5.09. The van der Waals surface area contributed by atoms with E-state index in [0.29, 0.717) is 0 Å². The van der Waals surface area contributed by atoms with Gasteiger partial charge in [-0.25, -0.2) is 0 Å². The van der Waals surface area contributed by atoms with Gasteiger partial charge in [0.2, 0.25) is 0 Å². The lowest BCUT2D eigenvalue weighted by atomic mass is 9.94. The second-order valence-electron chi connectivity index (χ2n) is 19.6. The summed E-state index contributed by atoms with van der Waals surface area (Å²) in [5.74, 6) is 5.02. The molecule has 0 bridgehead atoms. The molecule has 0 saturated heterocycles. The molecule has 6 aromatic heterocycles. The number of nitrogens with zero attached hydrogens (tertiary/aromatic N) is 2. The number of thiophene rings is 2. The summed E-state index contributed by atoms with van der Waals surface area (Å²) in [5, 5.41) is 4.40. The highest BCUT2D eigenvalue weighted by Gasteiger charge is 2.25.